The molecule has 0 fully saturated rings. The highest BCUT2D eigenvalue weighted by atomic mass is 16.4. The highest BCUT2D eigenvalue weighted by Gasteiger charge is 2.26. The Kier molecular flexibility index (Phi) is 4.14. The van der Waals surface area contributed by atoms with Crippen molar-refractivity contribution in [3.63, 3.8) is 0 Å². The van der Waals surface area contributed by atoms with Crippen molar-refractivity contribution in [3.8, 4) is 0 Å². The highest BCUT2D eigenvalue weighted by molar-refractivity contribution is 5.87. The lowest BCUT2D eigenvalue weighted by Gasteiger charge is -2.21. The summed E-state index contributed by atoms with van der Waals surface area (Å²) in [6, 6.07) is 6.74. The van der Waals surface area contributed by atoms with Gasteiger partial charge in [0.1, 0.15) is 0 Å². The summed E-state index contributed by atoms with van der Waals surface area (Å²) in [6.07, 6.45) is 4.69. The van der Waals surface area contributed by atoms with Gasteiger partial charge in [0.25, 0.3) is 0 Å². The smallest absolute Gasteiger partial charge is 0.335 e. The van der Waals surface area contributed by atoms with Gasteiger partial charge in [0.05, 0.1) is 24.7 Å². The van der Waals surface area contributed by atoms with E-state index in [4.69, 9.17) is 10.2 Å². The molecule has 0 radical (unpaired) electrons. The van der Waals surface area contributed by atoms with Crippen LogP contribution < -0.4 is 0 Å². The minimum absolute atomic E-state index is 0.0411. The highest BCUT2D eigenvalue weighted by Crippen LogP contribution is 2.34. The number of hydrogen-bond donors (Lipinski definition) is 2. The molecule has 23 heavy (non-hydrogen) atoms. The van der Waals surface area contributed by atoms with Gasteiger partial charge in [-0.05, 0) is 48.4 Å². The molecule has 1 aromatic carbocycles. The molecule has 0 spiro atoms. The molecule has 1 aliphatic carbocycles. The SMILES string of the molecule is O=C(O)CC1CCCc2c1cnn2Cc1ccc(C(=O)O)cc1. The second kappa shape index (κ2) is 6.24. The topological polar surface area (TPSA) is 92.4 Å². The molecule has 1 unspecified atom stereocenters. The monoisotopic (exact) mass is 314 g/mol. The normalized spacial score (nSPS) is 16.8. The van der Waals surface area contributed by atoms with Gasteiger partial charge >= 0.3 is 11.9 Å². The summed E-state index contributed by atoms with van der Waals surface area (Å²) in [5, 5.41) is 22.4. The van der Waals surface area contributed by atoms with Gasteiger partial charge in [-0.25, -0.2) is 4.79 Å². The largest absolute Gasteiger partial charge is 0.481 e. The van der Waals surface area contributed by atoms with Gasteiger partial charge in [0.2, 0.25) is 0 Å². The lowest BCUT2D eigenvalue weighted by atomic mass is 9.85. The number of nitrogens with zero attached hydrogens (tertiary/aromatic N) is 2. The molecule has 0 saturated carbocycles. The van der Waals surface area contributed by atoms with Gasteiger partial charge in [-0.2, -0.15) is 5.10 Å². The molecule has 6 nitrogen and oxygen atoms in total. The molecule has 1 aromatic heterocycles. The quantitative estimate of drug-likeness (QED) is 0.884. The van der Waals surface area contributed by atoms with E-state index < -0.39 is 11.9 Å². The number of aromatic carboxylic acids is 1. The molecule has 6 heteroatoms. The van der Waals surface area contributed by atoms with E-state index in [1.807, 2.05) is 4.68 Å². The first kappa shape index (κ1) is 15.3. The zero-order valence-electron chi connectivity index (χ0n) is 12.6. The summed E-state index contributed by atoms with van der Waals surface area (Å²) >= 11 is 0. The first-order valence-electron chi connectivity index (χ1n) is 7.63. The van der Waals surface area contributed by atoms with Crippen molar-refractivity contribution < 1.29 is 19.8 Å². The van der Waals surface area contributed by atoms with E-state index in [2.05, 4.69) is 5.10 Å². The maximum Gasteiger partial charge on any atom is 0.335 e. The maximum absolute atomic E-state index is 11.0. The number of hydrogen-bond acceptors (Lipinski definition) is 3. The molecule has 2 N–H and O–H groups in total. The zero-order valence-corrected chi connectivity index (χ0v) is 12.6. The predicted molar refractivity (Wildman–Crippen MR) is 82.7 cm³/mol. The Bertz CT molecular complexity index is 734. The molecule has 0 bridgehead atoms. The van der Waals surface area contributed by atoms with Crippen LogP contribution in [0.4, 0.5) is 0 Å². The fourth-order valence-corrected chi connectivity index (χ4v) is 3.20. The summed E-state index contributed by atoms with van der Waals surface area (Å²) in [5.74, 6) is -1.68. The number of aromatic nitrogens is 2. The Morgan fingerprint density at radius 2 is 1.96 bits per heavy atom. The van der Waals surface area contributed by atoms with Crippen LogP contribution in [0.5, 0.6) is 0 Å². The van der Waals surface area contributed by atoms with Gasteiger partial charge in [0, 0.05) is 5.69 Å². The van der Waals surface area contributed by atoms with Crippen LogP contribution >= 0.6 is 0 Å². The van der Waals surface area contributed by atoms with Crippen LogP contribution in [0.1, 0.15) is 52.4 Å². The van der Waals surface area contributed by atoms with Crippen molar-refractivity contribution in [3.05, 3.63) is 52.8 Å². The van der Waals surface area contributed by atoms with Crippen LogP contribution in [-0.4, -0.2) is 31.9 Å². The first-order valence-corrected chi connectivity index (χ1v) is 7.63. The van der Waals surface area contributed by atoms with E-state index in [1.165, 1.54) is 0 Å². The van der Waals surface area contributed by atoms with Crippen LogP contribution in [0.25, 0.3) is 0 Å². The maximum atomic E-state index is 11.0. The standard InChI is InChI=1S/C17H18N2O4/c20-16(21)8-13-2-1-3-15-14(13)9-18-19(15)10-11-4-6-12(7-5-11)17(22)23/h4-7,9,13H,1-3,8,10H2,(H,20,21)(H,22,23). The van der Waals surface area contributed by atoms with Crippen molar-refractivity contribution in [2.75, 3.05) is 0 Å². The Morgan fingerprint density at radius 3 is 2.61 bits per heavy atom. The van der Waals surface area contributed by atoms with Crippen molar-refractivity contribution in [2.24, 2.45) is 0 Å². The van der Waals surface area contributed by atoms with Crippen LogP contribution in [0.2, 0.25) is 0 Å². The van der Waals surface area contributed by atoms with Crippen molar-refractivity contribution >= 4 is 11.9 Å². The average molecular weight is 314 g/mol. The fourth-order valence-electron chi connectivity index (χ4n) is 3.20. The Morgan fingerprint density at radius 1 is 1.22 bits per heavy atom. The minimum atomic E-state index is -0.940. The van der Waals surface area contributed by atoms with Gasteiger partial charge in [-0.3, -0.25) is 9.48 Å². The summed E-state index contributed by atoms with van der Waals surface area (Å²) in [6.45, 7) is 0.565. The molecule has 1 aliphatic rings. The summed E-state index contributed by atoms with van der Waals surface area (Å²) in [7, 11) is 0. The third kappa shape index (κ3) is 3.26. The fraction of sp³-hybridized carbons (Fsp3) is 0.353. The summed E-state index contributed by atoms with van der Waals surface area (Å²) in [4.78, 5) is 21.9. The molecule has 120 valence electrons. The second-order valence-corrected chi connectivity index (χ2v) is 5.89. The number of carboxylic acids is 2. The van der Waals surface area contributed by atoms with Crippen molar-refractivity contribution in [2.45, 2.75) is 38.1 Å². The van der Waals surface area contributed by atoms with Crippen LogP contribution in [0, 0.1) is 0 Å². The third-order valence-electron chi connectivity index (χ3n) is 4.34. The lowest BCUT2D eigenvalue weighted by molar-refractivity contribution is -0.137. The number of fused-ring (bicyclic) bond motifs is 1. The molecular formula is C17H18N2O4. The predicted octanol–water partition coefficient (Wildman–Crippen LogP) is 2.52. The van der Waals surface area contributed by atoms with Gasteiger partial charge < -0.3 is 10.2 Å². The Labute approximate surface area is 133 Å². The third-order valence-corrected chi connectivity index (χ3v) is 4.34. The Balaban J connectivity index is 1.80. The second-order valence-electron chi connectivity index (χ2n) is 5.89. The van der Waals surface area contributed by atoms with Crippen LogP contribution in [0.15, 0.2) is 30.5 Å². The van der Waals surface area contributed by atoms with Gasteiger partial charge in [-0.1, -0.05) is 12.1 Å². The van der Waals surface area contributed by atoms with Crippen molar-refractivity contribution in [1.29, 1.82) is 0 Å². The summed E-state index contributed by atoms with van der Waals surface area (Å²) < 4.78 is 1.90. The molecule has 0 saturated heterocycles. The number of benzene rings is 1. The molecule has 1 atom stereocenters. The van der Waals surface area contributed by atoms with E-state index in [0.29, 0.717) is 6.54 Å². The van der Waals surface area contributed by atoms with Crippen molar-refractivity contribution in [1.82, 2.24) is 9.78 Å². The van der Waals surface area contributed by atoms with E-state index in [9.17, 15) is 9.59 Å². The molecule has 3 rings (SSSR count). The first-order chi connectivity index (χ1) is 11.0. The molecule has 0 aliphatic heterocycles. The zero-order chi connectivity index (χ0) is 16.4. The minimum Gasteiger partial charge on any atom is -0.481 e. The van der Waals surface area contributed by atoms with E-state index in [1.54, 1.807) is 30.5 Å². The molecule has 1 heterocycles. The van der Waals surface area contributed by atoms with E-state index in [-0.39, 0.29) is 17.9 Å². The number of rotatable bonds is 5. The number of carboxylic acid groups (broad SMARTS) is 2. The van der Waals surface area contributed by atoms with Crippen LogP contribution in [-0.2, 0) is 17.8 Å². The molecule has 2 aromatic rings. The van der Waals surface area contributed by atoms with E-state index >= 15 is 0 Å². The summed E-state index contributed by atoms with van der Waals surface area (Å²) in [5.41, 5.74) is 3.38. The van der Waals surface area contributed by atoms with Crippen LogP contribution in [0.3, 0.4) is 0 Å². The average Bonchev–Trinajstić information content (AvgIpc) is 2.92. The Hall–Kier alpha value is -2.63. The van der Waals surface area contributed by atoms with E-state index in [0.717, 1.165) is 36.1 Å². The van der Waals surface area contributed by atoms with Gasteiger partial charge in [0.15, 0.2) is 0 Å². The number of aliphatic carboxylic acids is 1. The molecular weight excluding hydrogens is 296 g/mol. The number of carbonyl (C=O) groups is 2. The lowest BCUT2D eigenvalue weighted by Crippen LogP contribution is -2.15. The molecule has 0 amide bonds. The van der Waals surface area contributed by atoms with Gasteiger partial charge in [-0.15, -0.1) is 0 Å².